The Hall–Kier alpha value is -3.08. The normalized spacial score (nSPS) is 12.1. The lowest BCUT2D eigenvalue weighted by atomic mass is 10.0. The van der Waals surface area contributed by atoms with Crippen molar-refractivity contribution in [3.63, 3.8) is 0 Å². The fourth-order valence-corrected chi connectivity index (χ4v) is 3.09. The van der Waals surface area contributed by atoms with Gasteiger partial charge >= 0.3 is 0 Å². The number of amides is 2. The number of primary amides is 1. The van der Waals surface area contributed by atoms with Crippen molar-refractivity contribution in [2.75, 3.05) is 0 Å². The molecule has 0 aliphatic carbocycles. The number of aromatic nitrogens is 1. The average molecular weight is 335 g/mol. The number of para-hydroxylation sites is 1. The maximum Gasteiger partial charge on any atom is 0.251 e. The van der Waals surface area contributed by atoms with Crippen molar-refractivity contribution in [1.82, 2.24) is 10.3 Å². The molecule has 0 radical (unpaired) electrons. The number of fused-ring (bicyclic) bond motifs is 1. The fourth-order valence-electron chi connectivity index (χ4n) is 3.09. The zero-order valence-corrected chi connectivity index (χ0v) is 14.3. The van der Waals surface area contributed by atoms with Crippen LogP contribution in [0, 0.1) is 13.8 Å². The first kappa shape index (κ1) is 16.8. The van der Waals surface area contributed by atoms with Crippen molar-refractivity contribution in [2.45, 2.75) is 26.3 Å². The third-order valence-corrected chi connectivity index (χ3v) is 4.23. The minimum absolute atomic E-state index is 0.296. The molecule has 0 aliphatic rings. The summed E-state index contributed by atoms with van der Waals surface area (Å²) in [5.74, 6) is -0.849. The van der Waals surface area contributed by atoms with Gasteiger partial charge in [-0.15, -0.1) is 0 Å². The molecule has 128 valence electrons. The third-order valence-electron chi connectivity index (χ3n) is 4.23. The van der Waals surface area contributed by atoms with E-state index in [0.717, 1.165) is 27.6 Å². The maximum atomic E-state index is 12.5. The molecule has 0 saturated carbocycles. The molecule has 2 amide bonds. The SMILES string of the molecule is Cc1cc(C)cc(C(=O)N[C@@H](Cc2c[nH]c3ccccc23)C(N)=O)c1. The summed E-state index contributed by atoms with van der Waals surface area (Å²) in [5, 5.41) is 3.79. The van der Waals surface area contributed by atoms with Gasteiger partial charge in [-0.2, -0.15) is 0 Å². The van der Waals surface area contributed by atoms with Crippen LogP contribution in [0.5, 0.6) is 0 Å². The molecule has 0 spiro atoms. The van der Waals surface area contributed by atoms with Crippen LogP contribution in [0.15, 0.2) is 48.7 Å². The Balaban J connectivity index is 1.82. The first-order chi connectivity index (χ1) is 11.9. The van der Waals surface area contributed by atoms with Crippen LogP contribution in [0.2, 0.25) is 0 Å². The minimum Gasteiger partial charge on any atom is -0.368 e. The number of carbonyl (C=O) groups excluding carboxylic acids is 2. The summed E-state index contributed by atoms with van der Waals surface area (Å²) in [6.07, 6.45) is 2.19. The van der Waals surface area contributed by atoms with Gasteiger partial charge in [0, 0.05) is 29.1 Å². The van der Waals surface area contributed by atoms with E-state index in [-0.39, 0.29) is 5.91 Å². The second-order valence-corrected chi connectivity index (χ2v) is 6.37. The van der Waals surface area contributed by atoms with E-state index in [0.29, 0.717) is 12.0 Å². The van der Waals surface area contributed by atoms with Crippen molar-refractivity contribution in [1.29, 1.82) is 0 Å². The molecule has 5 heteroatoms. The number of hydrogen-bond acceptors (Lipinski definition) is 2. The van der Waals surface area contributed by atoms with Crippen molar-refractivity contribution < 1.29 is 9.59 Å². The highest BCUT2D eigenvalue weighted by Gasteiger charge is 2.21. The second-order valence-electron chi connectivity index (χ2n) is 6.37. The van der Waals surface area contributed by atoms with Crippen LogP contribution in [0.4, 0.5) is 0 Å². The molecular weight excluding hydrogens is 314 g/mol. The molecular formula is C20H21N3O2. The predicted octanol–water partition coefficient (Wildman–Crippen LogP) is 2.61. The first-order valence-corrected chi connectivity index (χ1v) is 8.17. The van der Waals surface area contributed by atoms with Gasteiger partial charge < -0.3 is 16.0 Å². The van der Waals surface area contributed by atoms with E-state index in [1.165, 1.54) is 0 Å². The zero-order valence-electron chi connectivity index (χ0n) is 14.3. The van der Waals surface area contributed by atoms with E-state index in [2.05, 4.69) is 10.3 Å². The van der Waals surface area contributed by atoms with Crippen LogP contribution in [-0.4, -0.2) is 22.8 Å². The number of aryl methyl sites for hydroxylation is 2. The largest absolute Gasteiger partial charge is 0.368 e. The van der Waals surface area contributed by atoms with Crippen molar-refractivity contribution >= 4 is 22.7 Å². The van der Waals surface area contributed by atoms with E-state index in [9.17, 15) is 9.59 Å². The highest BCUT2D eigenvalue weighted by atomic mass is 16.2. The van der Waals surface area contributed by atoms with Crippen molar-refractivity contribution in [3.8, 4) is 0 Å². The van der Waals surface area contributed by atoms with E-state index in [1.54, 1.807) is 12.1 Å². The predicted molar refractivity (Wildman–Crippen MR) is 98.4 cm³/mol. The summed E-state index contributed by atoms with van der Waals surface area (Å²) < 4.78 is 0. The molecule has 0 unspecified atom stereocenters. The van der Waals surface area contributed by atoms with Crippen molar-refractivity contribution in [2.24, 2.45) is 5.73 Å². The van der Waals surface area contributed by atoms with Gasteiger partial charge in [-0.1, -0.05) is 35.4 Å². The van der Waals surface area contributed by atoms with Crippen LogP contribution in [-0.2, 0) is 11.2 Å². The number of hydrogen-bond donors (Lipinski definition) is 3. The summed E-state index contributed by atoms with van der Waals surface area (Å²) in [7, 11) is 0. The molecule has 0 fully saturated rings. The lowest BCUT2D eigenvalue weighted by Crippen LogP contribution is -2.45. The molecule has 0 bridgehead atoms. The molecule has 0 aliphatic heterocycles. The number of carbonyl (C=O) groups is 2. The second kappa shape index (κ2) is 6.81. The Morgan fingerprint density at radius 3 is 2.48 bits per heavy atom. The molecule has 2 aromatic carbocycles. The summed E-state index contributed by atoms with van der Waals surface area (Å²) in [5.41, 5.74) is 9.98. The average Bonchev–Trinajstić information content (AvgIpc) is 2.96. The van der Waals surface area contributed by atoms with E-state index < -0.39 is 11.9 Å². The van der Waals surface area contributed by atoms with Gasteiger partial charge in [0.25, 0.3) is 5.91 Å². The Labute approximate surface area is 146 Å². The number of benzene rings is 2. The van der Waals surface area contributed by atoms with Gasteiger partial charge in [-0.3, -0.25) is 9.59 Å². The Kier molecular flexibility index (Phi) is 4.57. The van der Waals surface area contributed by atoms with Crippen molar-refractivity contribution in [3.05, 3.63) is 70.9 Å². The lowest BCUT2D eigenvalue weighted by molar-refractivity contribution is -0.119. The number of H-pyrrole nitrogens is 1. The number of aromatic amines is 1. The monoisotopic (exact) mass is 335 g/mol. The molecule has 25 heavy (non-hydrogen) atoms. The highest BCUT2D eigenvalue weighted by Crippen LogP contribution is 2.19. The van der Waals surface area contributed by atoms with Crippen LogP contribution in [0.3, 0.4) is 0 Å². The molecule has 5 nitrogen and oxygen atoms in total. The Morgan fingerprint density at radius 2 is 1.80 bits per heavy atom. The van der Waals surface area contributed by atoms with E-state index >= 15 is 0 Å². The maximum absolute atomic E-state index is 12.5. The van der Waals surface area contributed by atoms with Gasteiger partial charge in [-0.25, -0.2) is 0 Å². The number of nitrogens with one attached hydrogen (secondary N) is 2. The highest BCUT2D eigenvalue weighted by molar-refractivity contribution is 5.98. The molecule has 0 saturated heterocycles. The molecule has 1 heterocycles. The van der Waals surface area contributed by atoms with Gasteiger partial charge in [0.05, 0.1) is 0 Å². The fraction of sp³-hybridized carbons (Fsp3) is 0.200. The molecule has 3 aromatic rings. The number of nitrogens with two attached hydrogens (primary N) is 1. The van der Waals surface area contributed by atoms with E-state index in [4.69, 9.17) is 5.73 Å². The summed E-state index contributed by atoms with van der Waals surface area (Å²) in [4.78, 5) is 27.6. The quantitative estimate of drug-likeness (QED) is 0.669. The molecule has 1 atom stereocenters. The summed E-state index contributed by atoms with van der Waals surface area (Å²) in [6.45, 7) is 3.86. The van der Waals surface area contributed by atoms with Crippen LogP contribution in [0.25, 0.3) is 10.9 Å². The van der Waals surface area contributed by atoms with Gasteiger partial charge in [-0.05, 0) is 37.6 Å². The third kappa shape index (κ3) is 3.71. The van der Waals surface area contributed by atoms with Gasteiger partial charge in [0.15, 0.2) is 0 Å². The smallest absolute Gasteiger partial charge is 0.251 e. The molecule has 1 aromatic heterocycles. The van der Waals surface area contributed by atoms with Crippen LogP contribution in [0.1, 0.15) is 27.0 Å². The standard InChI is InChI=1S/C20H21N3O2/c1-12-7-13(2)9-14(8-12)20(25)23-18(19(21)24)10-15-11-22-17-6-4-3-5-16(15)17/h3-9,11,18,22H,10H2,1-2H3,(H2,21,24)(H,23,25)/t18-/m0/s1. The van der Waals surface area contributed by atoms with Gasteiger partial charge in [0.1, 0.15) is 6.04 Å². The number of rotatable bonds is 5. The molecule has 4 N–H and O–H groups in total. The minimum atomic E-state index is -0.771. The Bertz CT molecular complexity index is 923. The summed E-state index contributed by atoms with van der Waals surface area (Å²) in [6, 6.07) is 12.6. The van der Waals surface area contributed by atoms with E-state index in [1.807, 2.05) is 50.4 Å². The van der Waals surface area contributed by atoms with Crippen LogP contribution >= 0.6 is 0 Å². The zero-order chi connectivity index (χ0) is 18.0. The Morgan fingerprint density at radius 1 is 1.12 bits per heavy atom. The summed E-state index contributed by atoms with van der Waals surface area (Å²) >= 11 is 0. The first-order valence-electron chi connectivity index (χ1n) is 8.17. The topological polar surface area (TPSA) is 88.0 Å². The van der Waals surface area contributed by atoms with Gasteiger partial charge in [0.2, 0.25) is 5.91 Å². The lowest BCUT2D eigenvalue weighted by Gasteiger charge is -2.16. The molecule has 3 rings (SSSR count). The van der Waals surface area contributed by atoms with Crippen LogP contribution < -0.4 is 11.1 Å².